The fourth-order valence-electron chi connectivity index (χ4n) is 9.00. The van der Waals surface area contributed by atoms with Gasteiger partial charge in [-0.05, 0) is 104 Å². The van der Waals surface area contributed by atoms with Gasteiger partial charge in [-0.15, -0.1) is 13.2 Å². The molecule has 0 bridgehead atoms. The first kappa shape index (κ1) is 22.5. The molecule has 4 saturated carbocycles. The quantitative estimate of drug-likeness (QED) is 0.433. The van der Waals surface area contributed by atoms with E-state index in [1.54, 1.807) is 0 Å². The summed E-state index contributed by atoms with van der Waals surface area (Å²) < 4.78 is 40.4. The minimum Gasteiger partial charge on any atom is -0.373 e. The third-order valence-corrected chi connectivity index (χ3v) is 10.4. The summed E-state index contributed by atoms with van der Waals surface area (Å²) in [5, 5.41) is 0. The summed E-state index contributed by atoms with van der Waals surface area (Å²) in [5.74, 6) is 3.01. The summed E-state index contributed by atoms with van der Waals surface area (Å²) in [5.41, 5.74) is 0.819. The molecule has 0 aromatic rings. The molecule has 4 fully saturated rings. The molecule has 0 aromatic carbocycles. The van der Waals surface area contributed by atoms with Crippen LogP contribution in [0, 0.1) is 46.3 Å². The number of rotatable bonds is 4. The van der Waals surface area contributed by atoms with Crippen LogP contribution in [0.4, 0.5) is 13.2 Å². The number of hydrogen-bond donors (Lipinski definition) is 0. The van der Waals surface area contributed by atoms with Gasteiger partial charge >= 0.3 is 12.3 Å². The fraction of sp³-hybridized carbons (Fsp3) is 0.960. The van der Waals surface area contributed by atoms with Crippen LogP contribution in [-0.4, -0.2) is 12.3 Å². The summed E-state index contributed by atoms with van der Waals surface area (Å²) in [4.78, 5) is 11.6. The molecule has 0 radical (unpaired) electrons. The number of carbonyl (C=O) groups excluding carboxylic acids is 1. The molecular formula is C25H39F3O2. The highest BCUT2D eigenvalue weighted by atomic mass is 19.4. The lowest BCUT2D eigenvalue weighted by Crippen LogP contribution is -2.53. The van der Waals surface area contributed by atoms with Gasteiger partial charge in [0.25, 0.3) is 0 Å². The average Bonchev–Trinajstić information content (AvgIpc) is 3.01. The van der Waals surface area contributed by atoms with Crippen LogP contribution in [0.2, 0.25) is 0 Å². The van der Waals surface area contributed by atoms with E-state index in [0.29, 0.717) is 17.8 Å². The molecule has 0 aliphatic heterocycles. The average molecular weight is 429 g/mol. The number of fused-ring (bicyclic) bond motifs is 5. The summed E-state index contributed by atoms with van der Waals surface area (Å²) in [6.07, 6.45) is 8.92. The molecule has 0 saturated heterocycles. The molecule has 30 heavy (non-hydrogen) atoms. The fourth-order valence-corrected chi connectivity index (χ4v) is 9.00. The van der Waals surface area contributed by atoms with Crippen LogP contribution in [0.15, 0.2) is 0 Å². The molecule has 0 heterocycles. The van der Waals surface area contributed by atoms with Crippen LogP contribution in [0.25, 0.3) is 0 Å². The molecule has 0 aromatic heterocycles. The van der Waals surface area contributed by atoms with Crippen LogP contribution in [-0.2, 0) is 9.53 Å². The maximum absolute atomic E-state index is 12.3. The van der Waals surface area contributed by atoms with Gasteiger partial charge < -0.3 is 4.74 Å². The number of ether oxygens (including phenoxy) is 1. The van der Waals surface area contributed by atoms with E-state index in [0.717, 1.165) is 23.7 Å². The van der Waals surface area contributed by atoms with E-state index in [9.17, 15) is 18.0 Å². The monoisotopic (exact) mass is 428 g/mol. The Morgan fingerprint density at radius 2 is 1.70 bits per heavy atom. The summed E-state index contributed by atoms with van der Waals surface area (Å²) in [6, 6.07) is 0. The van der Waals surface area contributed by atoms with Gasteiger partial charge in [-0.3, -0.25) is 4.79 Å². The number of alkyl halides is 3. The van der Waals surface area contributed by atoms with E-state index in [1.165, 1.54) is 64.2 Å². The van der Waals surface area contributed by atoms with Gasteiger partial charge in [-0.2, -0.15) is 0 Å². The highest BCUT2D eigenvalue weighted by Crippen LogP contribution is 2.68. The van der Waals surface area contributed by atoms with Crippen molar-refractivity contribution in [2.45, 2.75) is 104 Å². The molecule has 5 heteroatoms. The molecule has 0 N–H and O–H groups in total. The molecule has 2 nitrogen and oxygen atoms in total. The normalized spacial score (nSPS) is 44.5. The largest absolute Gasteiger partial charge is 0.575 e. The van der Waals surface area contributed by atoms with Crippen LogP contribution < -0.4 is 0 Å². The lowest BCUT2D eigenvalue weighted by molar-refractivity contribution is -0.305. The molecule has 1 unspecified atom stereocenters. The number of carbonyl (C=O) groups is 1. The van der Waals surface area contributed by atoms with E-state index < -0.39 is 12.3 Å². The lowest BCUT2D eigenvalue weighted by atomic mass is 9.44. The van der Waals surface area contributed by atoms with Gasteiger partial charge in [0.1, 0.15) is 0 Å². The second kappa shape index (κ2) is 7.99. The third-order valence-electron chi connectivity index (χ3n) is 10.4. The maximum atomic E-state index is 12.3. The van der Waals surface area contributed by atoms with Crippen molar-refractivity contribution >= 4 is 5.97 Å². The SMILES string of the molecule is C[C@H](CCC(=O)OC(F)(F)F)[C@H]1CC[C@H]2[C@@H]3CCC4CCCC[C@]4(C)[C@H]3CC[C@]12C. The van der Waals surface area contributed by atoms with Crippen LogP contribution >= 0.6 is 0 Å². The zero-order chi connectivity index (χ0) is 21.7. The Labute approximate surface area is 179 Å². The van der Waals surface area contributed by atoms with Gasteiger partial charge in [0.2, 0.25) is 0 Å². The predicted octanol–water partition coefficient (Wildman–Crippen LogP) is 7.51. The molecule has 172 valence electrons. The number of halogens is 3. The van der Waals surface area contributed by atoms with E-state index in [1.807, 2.05) is 0 Å². The van der Waals surface area contributed by atoms with Gasteiger partial charge in [0, 0.05) is 6.42 Å². The van der Waals surface area contributed by atoms with E-state index in [4.69, 9.17) is 0 Å². The lowest BCUT2D eigenvalue weighted by Gasteiger charge is -2.61. The first-order valence-electron chi connectivity index (χ1n) is 12.3. The molecule has 8 atom stereocenters. The Bertz CT molecular complexity index is 647. The molecule has 0 spiro atoms. The molecule has 4 rings (SSSR count). The highest BCUT2D eigenvalue weighted by molar-refractivity contribution is 5.69. The van der Waals surface area contributed by atoms with Crippen molar-refractivity contribution in [3.05, 3.63) is 0 Å². The van der Waals surface area contributed by atoms with Gasteiger partial charge in [0.15, 0.2) is 0 Å². The number of hydrogen-bond acceptors (Lipinski definition) is 2. The second-order valence-electron chi connectivity index (χ2n) is 11.6. The Morgan fingerprint density at radius 3 is 2.43 bits per heavy atom. The van der Waals surface area contributed by atoms with Crippen LogP contribution in [0.3, 0.4) is 0 Å². The van der Waals surface area contributed by atoms with Crippen LogP contribution in [0.1, 0.15) is 97.8 Å². The van der Waals surface area contributed by atoms with Crippen molar-refractivity contribution in [3.8, 4) is 0 Å². The topological polar surface area (TPSA) is 26.3 Å². The van der Waals surface area contributed by atoms with Crippen molar-refractivity contribution in [1.82, 2.24) is 0 Å². The standard InChI is InChI=1S/C25H39F3O2/c1-16(7-12-22(29)30-25(26,27)28)19-10-11-20-18-9-8-17-6-4-5-14-23(17,2)21(18)13-15-24(19,20)3/h16-21H,4-15H2,1-3H3/t16-,17?,18+,19-,20+,21+,23+,24-/m1/s1. The van der Waals surface area contributed by atoms with E-state index >= 15 is 0 Å². The van der Waals surface area contributed by atoms with Crippen molar-refractivity contribution in [1.29, 1.82) is 0 Å². The zero-order valence-corrected chi connectivity index (χ0v) is 18.9. The van der Waals surface area contributed by atoms with Crippen molar-refractivity contribution in [3.63, 3.8) is 0 Å². The third kappa shape index (κ3) is 3.92. The highest BCUT2D eigenvalue weighted by Gasteiger charge is 2.60. The number of esters is 1. The zero-order valence-electron chi connectivity index (χ0n) is 18.9. The first-order valence-corrected chi connectivity index (χ1v) is 12.3. The van der Waals surface area contributed by atoms with Gasteiger partial charge in [-0.1, -0.05) is 33.6 Å². The Hall–Kier alpha value is -0.740. The smallest absolute Gasteiger partial charge is 0.373 e. The Morgan fingerprint density at radius 1 is 0.967 bits per heavy atom. The van der Waals surface area contributed by atoms with E-state index in [2.05, 4.69) is 25.5 Å². The Kier molecular flexibility index (Phi) is 5.98. The molecule has 0 amide bonds. The first-order chi connectivity index (χ1) is 14.0. The predicted molar refractivity (Wildman–Crippen MR) is 110 cm³/mol. The van der Waals surface area contributed by atoms with Gasteiger partial charge in [-0.25, -0.2) is 0 Å². The summed E-state index contributed by atoms with van der Waals surface area (Å²) >= 11 is 0. The maximum Gasteiger partial charge on any atom is 0.575 e. The summed E-state index contributed by atoms with van der Waals surface area (Å²) in [6.45, 7) is 7.20. The van der Waals surface area contributed by atoms with Crippen molar-refractivity contribution in [2.75, 3.05) is 0 Å². The molecule has 4 aliphatic rings. The van der Waals surface area contributed by atoms with Crippen LogP contribution in [0.5, 0.6) is 0 Å². The van der Waals surface area contributed by atoms with E-state index in [-0.39, 0.29) is 17.8 Å². The van der Waals surface area contributed by atoms with Gasteiger partial charge in [0.05, 0.1) is 0 Å². The minimum absolute atomic E-state index is 0.135. The molecular weight excluding hydrogens is 389 g/mol. The summed E-state index contributed by atoms with van der Waals surface area (Å²) in [7, 11) is 0. The Balaban J connectivity index is 1.42. The second-order valence-corrected chi connectivity index (χ2v) is 11.6. The minimum atomic E-state index is -4.86. The molecule has 4 aliphatic carbocycles. The van der Waals surface area contributed by atoms with Crippen molar-refractivity contribution in [2.24, 2.45) is 46.3 Å². The van der Waals surface area contributed by atoms with Crippen molar-refractivity contribution < 1.29 is 22.7 Å².